The third kappa shape index (κ3) is 4.29. The fraction of sp³-hybridized carbons (Fsp3) is 0.222. The standard InChI is InChI=1S/C18H18Cl2N10O/c1-10(28(2)3)16-13(9-21-15-7-14(20)27-29(15)16)26-18(31)25-11-6-12(19)17(22-8-11)30-23-4-5-24-30/h4-10H,1-3H3,(H2,25,26,31). The Morgan fingerprint density at radius 1 is 1.10 bits per heavy atom. The summed E-state index contributed by atoms with van der Waals surface area (Å²) in [6.07, 6.45) is 6.06. The van der Waals surface area contributed by atoms with Crippen molar-refractivity contribution >= 4 is 46.3 Å². The highest BCUT2D eigenvalue weighted by Gasteiger charge is 2.21. The average molecular weight is 461 g/mol. The molecule has 0 bridgehead atoms. The Morgan fingerprint density at radius 2 is 1.84 bits per heavy atom. The lowest BCUT2D eigenvalue weighted by Crippen LogP contribution is -2.25. The molecule has 0 saturated carbocycles. The van der Waals surface area contributed by atoms with Crippen LogP contribution in [0.1, 0.15) is 18.7 Å². The first-order valence-electron chi connectivity index (χ1n) is 9.14. The molecule has 1 atom stereocenters. The van der Waals surface area contributed by atoms with Gasteiger partial charge in [0.15, 0.2) is 16.6 Å². The van der Waals surface area contributed by atoms with Gasteiger partial charge in [-0.15, -0.1) is 4.80 Å². The van der Waals surface area contributed by atoms with Crippen LogP contribution in [0, 0.1) is 0 Å². The number of pyridine rings is 1. The van der Waals surface area contributed by atoms with Crippen LogP contribution < -0.4 is 10.6 Å². The van der Waals surface area contributed by atoms with Crippen LogP contribution in [0.3, 0.4) is 0 Å². The molecule has 0 saturated heterocycles. The SMILES string of the molecule is CC(c1c(NC(=O)Nc2cnc(-n3nccn3)c(Cl)c2)cnc2cc(Cl)nn12)N(C)C. The third-order valence-corrected chi connectivity index (χ3v) is 5.06. The monoisotopic (exact) mass is 460 g/mol. The van der Waals surface area contributed by atoms with Crippen LogP contribution in [0.4, 0.5) is 16.2 Å². The van der Waals surface area contributed by atoms with E-state index >= 15 is 0 Å². The Balaban J connectivity index is 1.59. The van der Waals surface area contributed by atoms with Gasteiger partial charge in [-0.25, -0.2) is 19.3 Å². The molecule has 0 aliphatic rings. The zero-order valence-corrected chi connectivity index (χ0v) is 18.3. The van der Waals surface area contributed by atoms with Crippen molar-refractivity contribution in [3.63, 3.8) is 0 Å². The van der Waals surface area contributed by atoms with E-state index in [0.29, 0.717) is 28.0 Å². The minimum absolute atomic E-state index is 0.0891. The summed E-state index contributed by atoms with van der Waals surface area (Å²) in [5.41, 5.74) is 2.20. The number of aromatic nitrogens is 7. The summed E-state index contributed by atoms with van der Waals surface area (Å²) in [5.74, 6) is 0.352. The van der Waals surface area contributed by atoms with Crippen molar-refractivity contribution in [1.82, 2.24) is 39.5 Å². The van der Waals surface area contributed by atoms with E-state index in [0.717, 1.165) is 5.69 Å². The Labute approximate surface area is 187 Å². The third-order valence-electron chi connectivity index (χ3n) is 4.60. The molecule has 0 radical (unpaired) electrons. The highest BCUT2D eigenvalue weighted by Crippen LogP contribution is 2.27. The van der Waals surface area contributed by atoms with E-state index in [-0.39, 0.29) is 11.1 Å². The minimum atomic E-state index is -0.491. The predicted molar refractivity (Wildman–Crippen MR) is 117 cm³/mol. The van der Waals surface area contributed by atoms with Gasteiger partial charge in [-0.1, -0.05) is 23.2 Å². The van der Waals surface area contributed by atoms with Gasteiger partial charge < -0.3 is 15.5 Å². The quantitative estimate of drug-likeness (QED) is 0.468. The molecule has 0 fully saturated rings. The van der Waals surface area contributed by atoms with E-state index in [1.165, 1.54) is 23.4 Å². The fourth-order valence-electron chi connectivity index (χ4n) is 2.92. The first kappa shape index (κ1) is 21.0. The van der Waals surface area contributed by atoms with Crippen molar-refractivity contribution in [2.24, 2.45) is 0 Å². The predicted octanol–water partition coefficient (Wildman–Crippen LogP) is 3.28. The van der Waals surface area contributed by atoms with Gasteiger partial charge in [-0.05, 0) is 27.1 Å². The highest BCUT2D eigenvalue weighted by molar-refractivity contribution is 6.32. The summed E-state index contributed by atoms with van der Waals surface area (Å²) in [6.45, 7) is 1.99. The number of amides is 2. The maximum atomic E-state index is 12.7. The van der Waals surface area contributed by atoms with Crippen LogP contribution in [0.2, 0.25) is 10.2 Å². The van der Waals surface area contributed by atoms with Crippen LogP contribution in [-0.2, 0) is 0 Å². The smallest absolute Gasteiger partial charge is 0.306 e. The molecule has 4 aromatic heterocycles. The van der Waals surface area contributed by atoms with Crippen molar-refractivity contribution in [2.75, 3.05) is 24.7 Å². The van der Waals surface area contributed by atoms with Gasteiger partial charge in [0.1, 0.15) is 0 Å². The highest BCUT2D eigenvalue weighted by atomic mass is 35.5. The normalized spacial score (nSPS) is 12.3. The zero-order chi connectivity index (χ0) is 22.1. The molecule has 0 spiro atoms. The van der Waals surface area contributed by atoms with E-state index in [1.54, 1.807) is 22.8 Å². The fourth-order valence-corrected chi connectivity index (χ4v) is 3.34. The van der Waals surface area contributed by atoms with E-state index in [1.807, 2.05) is 25.9 Å². The molecule has 2 amide bonds. The summed E-state index contributed by atoms with van der Waals surface area (Å²) in [4.78, 5) is 24.5. The molecule has 0 aromatic carbocycles. The maximum absolute atomic E-state index is 12.7. The summed E-state index contributed by atoms with van der Waals surface area (Å²) >= 11 is 12.3. The molecule has 4 heterocycles. The maximum Gasteiger partial charge on any atom is 0.323 e. The van der Waals surface area contributed by atoms with Crippen molar-refractivity contribution < 1.29 is 4.79 Å². The number of halogens is 2. The zero-order valence-electron chi connectivity index (χ0n) is 16.8. The lowest BCUT2D eigenvalue weighted by Gasteiger charge is -2.23. The van der Waals surface area contributed by atoms with Gasteiger partial charge in [-0.3, -0.25) is 0 Å². The Morgan fingerprint density at radius 3 is 2.52 bits per heavy atom. The number of nitrogens with zero attached hydrogens (tertiary/aromatic N) is 8. The number of fused-ring (bicyclic) bond motifs is 1. The van der Waals surface area contributed by atoms with E-state index in [2.05, 4.69) is 35.9 Å². The van der Waals surface area contributed by atoms with Crippen LogP contribution in [0.25, 0.3) is 11.5 Å². The Kier molecular flexibility index (Phi) is 5.72. The first-order chi connectivity index (χ1) is 14.8. The lowest BCUT2D eigenvalue weighted by atomic mass is 10.2. The van der Waals surface area contributed by atoms with Crippen LogP contribution in [-0.4, -0.2) is 59.6 Å². The van der Waals surface area contributed by atoms with Gasteiger partial charge in [0, 0.05) is 6.07 Å². The number of rotatable bonds is 5. The second kappa shape index (κ2) is 8.46. The molecule has 1 unspecified atom stereocenters. The molecule has 31 heavy (non-hydrogen) atoms. The number of urea groups is 1. The Hall–Kier alpha value is -3.28. The first-order valence-corrected chi connectivity index (χ1v) is 9.90. The molecule has 13 heteroatoms. The van der Waals surface area contributed by atoms with Gasteiger partial charge in [0.25, 0.3) is 0 Å². The van der Waals surface area contributed by atoms with Crippen molar-refractivity contribution in [3.05, 3.63) is 52.8 Å². The van der Waals surface area contributed by atoms with Crippen LogP contribution in [0.15, 0.2) is 36.9 Å². The average Bonchev–Trinajstić information content (AvgIpc) is 3.36. The van der Waals surface area contributed by atoms with Gasteiger partial charge in [0.2, 0.25) is 0 Å². The van der Waals surface area contributed by atoms with Crippen LogP contribution >= 0.6 is 23.2 Å². The second-order valence-electron chi connectivity index (χ2n) is 6.86. The molecule has 2 N–H and O–H groups in total. The number of anilines is 2. The number of carbonyl (C=O) groups excluding carboxylic acids is 1. The van der Waals surface area contributed by atoms with Gasteiger partial charge in [-0.2, -0.15) is 15.3 Å². The van der Waals surface area contributed by atoms with E-state index < -0.39 is 6.03 Å². The molecule has 160 valence electrons. The topological polar surface area (TPSA) is 118 Å². The largest absolute Gasteiger partial charge is 0.323 e. The molecule has 4 aromatic rings. The molecule has 11 nitrogen and oxygen atoms in total. The van der Waals surface area contributed by atoms with Gasteiger partial charge >= 0.3 is 6.03 Å². The van der Waals surface area contributed by atoms with Gasteiger partial charge in [0.05, 0.1) is 52.9 Å². The minimum Gasteiger partial charge on any atom is -0.306 e. The number of nitrogens with one attached hydrogen (secondary N) is 2. The number of hydrogen-bond donors (Lipinski definition) is 2. The van der Waals surface area contributed by atoms with Crippen LogP contribution in [0.5, 0.6) is 0 Å². The second-order valence-corrected chi connectivity index (χ2v) is 7.66. The summed E-state index contributed by atoms with van der Waals surface area (Å²) in [7, 11) is 3.85. The molecule has 4 rings (SSSR count). The summed E-state index contributed by atoms with van der Waals surface area (Å²) in [6, 6.07) is 2.63. The van der Waals surface area contributed by atoms with E-state index in [4.69, 9.17) is 23.2 Å². The summed E-state index contributed by atoms with van der Waals surface area (Å²) in [5, 5.41) is 18.4. The summed E-state index contributed by atoms with van der Waals surface area (Å²) < 4.78 is 1.62. The van der Waals surface area contributed by atoms with Crippen molar-refractivity contribution in [2.45, 2.75) is 13.0 Å². The molecular formula is C18H18Cl2N10O. The molecular weight excluding hydrogens is 443 g/mol. The van der Waals surface area contributed by atoms with Crippen molar-refractivity contribution in [3.8, 4) is 5.82 Å². The Bertz CT molecular complexity index is 1240. The molecule has 0 aliphatic carbocycles. The number of hydrogen-bond acceptors (Lipinski definition) is 7. The molecule has 0 aliphatic heterocycles. The van der Waals surface area contributed by atoms with Crippen molar-refractivity contribution in [1.29, 1.82) is 0 Å². The lowest BCUT2D eigenvalue weighted by molar-refractivity contribution is 0.262. The number of carbonyl (C=O) groups is 1. The van der Waals surface area contributed by atoms with E-state index in [9.17, 15) is 4.79 Å².